The maximum Gasteiger partial charge on any atom is 0.260 e. The van der Waals surface area contributed by atoms with Gasteiger partial charge in [-0.3, -0.25) is 9.69 Å². The van der Waals surface area contributed by atoms with Gasteiger partial charge in [0.25, 0.3) is 5.91 Å². The fourth-order valence-electron chi connectivity index (χ4n) is 4.40. The van der Waals surface area contributed by atoms with Crippen molar-refractivity contribution < 1.29 is 17.9 Å². The summed E-state index contributed by atoms with van der Waals surface area (Å²) in [5, 5.41) is 1.18. The Morgan fingerprint density at radius 2 is 1.78 bits per heavy atom. The Morgan fingerprint density at radius 3 is 2.38 bits per heavy atom. The van der Waals surface area contributed by atoms with E-state index in [1.165, 1.54) is 27.8 Å². The van der Waals surface area contributed by atoms with Gasteiger partial charge in [-0.15, -0.1) is 0 Å². The molecule has 200 valence electrons. The van der Waals surface area contributed by atoms with E-state index in [4.69, 9.17) is 16.3 Å². The Bertz CT molecular complexity index is 1320. The van der Waals surface area contributed by atoms with Crippen LogP contribution < -0.4 is 4.90 Å². The van der Waals surface area contributed by atoms with Crippen molar-refractivity contribution in [1.29, 1.82) is 0 Å². The summed E-state index contributed by atoms with van der Waals surface area (Å²) in [5.41, 5.74) is 1.17. The average Bonchev–Trinajstić information content (AvgIpc) is 3.50. The fraction of sp³-hybridized carbons (Fsp3) is 0.481. The Kier molecular flexibility index (Phi) is 8.91. The predicted molar refractivity (Wildman–Crippen MR) is 150 cm³/mol. The van der Waals surface area contributed by atoms with Crippen molar-refractivity contribution in [3.05, 3.63) is 53.1 Å². The topological polar surface area (TPSA) is 79.8 Å². The van der Waals surface area contributed by atoms with Crippen LogP contribution >= 0.6 is 22.9 Å². The van der Waals surface area contributed by atoms with Gasteiger partial charge in [0.05, 0.1) is 27.8 Å². The number of halogens is 1. The number of anilines is 1. The number of thiazole rings is 1. The maximum absolute atomic E-state index is 13.7. The molecular weight excluding hydrogens is 530 g/mol. The minimum absolute atomic E-state index is 0.0696. The van der Waals surface area contributed by atoms with Crippen molar-refractivity contribution in [2.24, 2.45) is 11.8 Å². The number of benzene rings is 2. The first-order valence-corrected chi connectivity index (χ1v) is 15.3. The highest BCUT2D eigenvalue weighted by Gasteiger charge is 2.29. The zero-order valence-electron chi connectivity index (χ0n) is 21.7. The highest BCUT2D eigenvalue weighted by Crippen LogP contribution is 2.32. The highest BCUT2D eigenvalue weighted by atomic mass is 35.5. The number of hydrogen-bond acceptors (Lipinski definition) is 6. The predicted octanol–water partition coefficient (Wildman–Crippen LogP) is 6.08. The van der Waals surface area contributed by atoms with Gasteiger partial charge in [0, 0.05) is 30.3 Å². The third-order valence-corrected chi connectivity index (χ3v) is 9.22. The average molecular weight is 564 g/mol. The van der Waals surface area contributed by atoms with E-state index < -0.39 is 10.0 Å². The first-order valence-electron chi connectivity index (χ1n) is 12.6. The minimum atomic E-state index is -3.68. The van der Waals surface area contributed by atoms with Gasteiger partial charge in [-0.05, 0) is 67.1 Å². The molecule has 0 radical (unpaired) electrons. The number of sulfonamides is 1. The molecule has 1 atom stereocenters. The number of rotatable bonds is 10. The lowest BCUT2D eigenvalue weighted by atomic mass is 10.2. The van der Waals surface area contributed by atoms with Gasteiger partial charge in [-0.1, -0.05) is 50.6 Å². The van der Waals surface area contributed by atoms with Crippen molar-refractivity contribution in [3.8, 4) is 0 Å². The molecule has 0 spiro atoms. The molecule has 10 heteroatoms. The van der Waals surface area contributed by atoms with Crippen LogP contribution in [0.25, 0.3) is 10.2 Å². The molecule has 0 aliphatic carbocycles. The molecule has 1 amide bonds. The minimum Gasteiger partial charge on any atom is -0.376 e. The Hall–Kier alpha value is -2.04. The third-order valence-electron chi connectivity index (χ3n) is 6.10. The number of fused-ring (bicyclic) bond motifs is 1. The normalized spacial score (nSPS) is 16.4. The summed E-state index contributed by atoms with van der Waals surface area (Å²) in [7, 11) is -3.68. The summed E-state index contributed by atoms with van der Waals surface area (Å²) in [6.45, 7) is 9.95. The van der Waals surface area contributed by atoms with Gasteiger partial charge in [0.2, 0.25) is 10.0 Å². The molecule has 1 aliphatic rings. The molecule has 7 nitrogen and oxygen atoms in total. The van der Waals surface area contributed by atoms with Gasteiger partial charge in [-0.25, -0.2) is 13.4 Å². The smallest absolute Gasteiger partial charge is 0.260 e. The van der Waals surface area contributed by atoms with Crippen LogP contribution in [-0.4, -0.2) is 56.0 Å². The lowest BCUT2D eigenvalue weighted by Gasteiger charge is -2.26. The number of aromatic nitrogens is 1. The lowest BCUT2D eigenvalue weighted by molar-refractivity contribution is 0.0917. The van der Waals surface area contributed by atoms with Crippen molar-refractivity contribution in [3.63, 3.8) is 0 Å². The Balaban J connectivity index is 1.63. The van der Waals surface area contributed by atoms with Crippen LogP contribution in [0.3, 0.4) is 0 Å². The van der Waals surface area contributed by atoms with E-state index in [9.17, 15) is 13.2 Å². The molecule has 1 aromatic heterocycles. The molecule has 1 fully saturated rings. The van der Waals surface area contributed by atoms with Gasteiger partial charge in [0.1, 0.15) is 0 Å². The summed E-state index contributed by atoms with van der Waals surface area (Å²) in [5.74, 6) is 0.152. The Morgan fingerprint density at radius 1 is 1.11 bits per heavy atom. The van der Waals surface area contributed by atoms with E-state index in [2.05, 4.69) is 4.98 Å². The lowest BCUT2D eigenvalue weighted by Crippen LogP contribution is -2.38. The van der Waals surface area contributed by atoms with Crippen LogP contribution in [-0.2, 0) is 14.8 Å². The van der Waals surface area contributed by atoms with Crippen LogP contribution in [0, 0.1) is 11.8 Å². The summed E-state index contributed by atoms with van der Waals surface area (Å²) >= 11 is 7.56. The standard InChI is InChI=1S/C27H34ClN3O4S2/c1-18(2)15-30(16-19(3)4)37(33,34)23-10-7-20(8-11-23)26(32)31(17-22-6-5-13-35-22)27-29-24-12-9-21(28)14-25(24)36-27/h7-12,14,18-19,22H,5-6,13,15-17H2,1-4H3. The van der Waals surface area contributed by atoms with E-state index >= 15 is 0 Å². The van der Waals surface area contributed by atoms with E-state index in [1.54, 1.807) is 23.1 Å². The van der Waals surface area contributed by atoms with Crippen molar-refractivity contribution in [1.82, 2.24) is 9.29 Å². The molecule has 37 heavy (non-hydrogen) atoms. The molecule has 1 aliphatic heterocycles. The summed E-state index contributed by atoms with van der Waals surface area (Å²) in [4.78, 5) is 20.2. The largest absolute Gasteiger partial charge is 0.376 e. The first kappa shape index (κ1) is 28.0. The van der Waals surface area contributed by atoms with Gasteiger partial charge in [-0.2, -0.15) is 4.31 Å². The van der Waals surface area contributed by atoms with E-state index in [0.717, 1.165) is 23.1 Å². The molecule has 2 heterocycles. The molecule has 4 rings (SSSR count). The quantitative estimate of drug-likeness (QED) is 0.299. The number of hydrogen-bond donors (Lipinski definition) is 0. The Labute approximate surface area is 228 Å². The first-order chi connectivity index (χ1) is 17.5. The van der Waals surface area contributed by atoms with Crippen molar-refractivity contribution in [2.45, 2.75) is 51.5 Å². The molecule has 1 unspecified atom stereocenters. The van der Waals surface area contributed by atoms with E-state index in [0.29, 0.717) is 42.0 Å². The zero-order chi connectivity index (χ0) is 26.7. The van der Waals surface area contributed by atoms with Gasteiger partial charge >= 0.3 is 0 Å². The highest BCUT2D eigenvalue weighted by molar-refractivity contribution is 7.89. The van der Waals surface area contributed by atoms with E-state index in [1.807, 2.05) is 39.8 Å². The number of amides is 1. The van der Waals surface area contributed by atoms with Crippen LogP contribution in [0.5, 0.6) is 0 Å². The number of ether oxygens (including phenoxy) is 1. The summed E-state index contributed by atoms with van der Waals surface area (Å²) in [6, 6.07) is 11.7. The second-order valence-corrected chi connectivity index (χ2v) is 13.7. The zero-order valence-corrected chi connectivity index (χ0v) is 24.1. The molecule has 3 aromatic rings. The SMILES string of the molecule is CC(C)CN(CC(C)C)S(=O)(=O)c1ccc(C(=O)N(CC2CCCO2)c2nc3ccc(Cl)cc3s2)cc1. The van der Waals surface area contributed by atoms with Crippen LogP contribution in [0.4, 0.5) is 5.13 Å². The molecule has 0 bridgehead atoms. The maximum atomic E-state index is 13.7. The van der Waals surface area contributed by atoms with Crippen LogP contribution in [0.1, 0.15) is 50.9 Å². The van der Waals surface area contributed by atoms with Gasteiger partial charge < -0.3 is 4.74 Å². The molecular formula is C27H34ClN3O4S2. The molecule has 2 aromatic carbocycles. The number of carbonyl (C=O) groups excluding carboxylic acids is 1. The van der Waals surface area contributed by atoms with Crippen LogP contribution in [0.15, 0.2) is 47.4 Å². The second kappa shape index (κ2) is 11.8. The van der Waals surface area contributed by atoms with Gasteiger partial charge in [0.15, 0.2) is 5.13 Å². The summed E-state index contributed by atoms with van der Waals surface area (Å²) < 4.78 is 35.0. The third kappa shape index (κ3) is 6.70. The van der Waals surface area contributed by atoms with Crippen LogP contribution in [0.2, 0.25) is 5.02 Å². The molecule has 1 saturated heterocycles. The van der Waals surface area contributed by atoms with E-state index in [-0.39, 0.29) is 28.7 Å². The fourth-order valence-corrected chi connectivity index (χ4v) is 7.42. The summed E-state index contributed by atoms with van der Waals surface area (Å²) in [6.07, 6.45) is 1.76. The van der Waals surface area contributed by atoms with Crippen molar-refractivity contribution in [2.75, 3.05) is 31.1 Å². The number of carbonyl (C=O) groups is 1. The number of nitrogens with zero attached hydrogens (tertiary/aromatic N) is 3. The second-order valence-electron chi connectivity index (χ2n) is 10.3. The van der Waals surface area contributed by atoms with Crippen molar-refractivity contribution >= 4 is 54.2 Å². The molecule has 0 saturated carbocycles. The monoisotopic (exact) mass is 563 g/mol. The molecule has 0 N–H and O–H groups in total.